The molecule has 1 amide bonds. The predicted molar refractivity (Wildman–Crippen MR) is 67.8 cm³/mol. The summed E-state index contributed by atoms with van der Waals surface area (Å²) in [5.41, 5.74) is 7.44. The number of amides is 1. The number of allylic oxidation sites excluding steroid dienone is 1. The van der Waals surface area contributed by atoms with Gasteiger partial charge in [-0.2, -0.15) is 0 Å². The highest BCUT2D eigenvalue weighted by molar-refractivity contribution is 5.93. The Morgan fingerprint density at radius 2 is 1.94 bits per heavy atom. The molecule has 0 aromatic heterocycles. The Morgan fingerprint density at radius 1 is 1.28 bits per heavy atom. The molecule has 0 fully saturated rings. The molecular weight excluding hydrogens is 230 g/mol. The summed E-state index contributed by atoms with van der Waals surface area (Å²) >= 11 is 0. The molecule has 0 aliphatic carbocycles. The second kappa shape index (κ2) is 4.70. The molecule has 1 heterocycles. The molecule has 0 saturated heterocycles. The quantitative estimate of drug-likeness (QED) is 0.738. The summed E-state index contributed by atoms with van der Waals surface area (Å²) < 4.78 is 5.54. The topological polar surface area (TPSA) is 76.4 Å². The molecule has 1 atom stereocenters. The Hall–Kier alpha value is -2.01. The SMILES string of the molecule is CC1=C(OCc2ccccc2)C(=O)NC(C)(N)N1. The van der Waals surface area contributed by atoms with Crippen molar-refractivity contribution >= 4 is 5.91 Å². The Bertz CT molecular complexity index is 480. The summed E-state index contributed by atoms with van der Waals surface area (Å²) in [5, 5.41) is 5.59. The van der Waals surface area contributed by atoms with Crippen LogP contribution in [0.2, 0.25) is 0 Å². The van der Waals surface area contributed by atoms with Crippen LogP contribution in [0.3, 0.4) is 0 Å². The standard InChI is InChI=1S/C13H17N3O2/c1-9-11(12(17)16-13(2,14)15-9)18-8-10-6-4-3-5-7-10/h3-7,15H,8,14H2,1-2H3,(H,16,17). The van der Waals surface area contributed by atoms with Gasteiger partial charge in [0.2, 0.25) is 5.76 Å². The third-order valence-electron chi connectivity index (χ3n) is 2.59. The highest BCUT2D eigenvalue weighted by Gasteiger charge is 2.31. The summed E-state index contributed by atoms with van der Waals surface area (Å²) in [4.78, 5) is 11.8. The van der Waals surface area contributed by atoms with Crippen molar-refractivity contribution in [1.82, 2.24) is 10.6 Å². The number of hydrogen-bond acceptors (Lipinski definition) is 4. The van der Waals surface area contributed by atoms with Gasteiger partial charge in [-0.05, 0) is 19.4 Å². The van der Waals surface area contributed by atoms with Crippen LogP contribution in [0.4, 0.5) is 0 Å². The van der Waals surface area contributed by atoms with Gasteiger partial charge < -0.3 is 15.4 Å². The van der Waals surface area contributed by atoms with Gasteiger partial charge in [-0.3, -0.25) is 10.5 Å². The second-order valence-corrected chi connectivity index (χ2v) is 4.51. The first kappa shape index (κ1) is 12.4. The van der Waals surface area contributed by atoms with E-state index in [0.717, 1.165) is 5.56 Å². The van der Waals surface area contributed by atoms with Gasteiger partial charge in [0.15, 0.2) is 5.79 Å². The molecule has 18 heavy (non-hydrogen) atoms. The van der Waals surface area contributed by atoms with Crippen LogP contribution in [0.15, 0.2) is 41.8 Å². The third-order valence-corrected chi connectivity index (χ3v) is 2.59. The molecule has 5 nitrogen and oxygen atoms in total. The van der Waals surface area contributed by atoms with E-state index in [2.05, 4.69) is 10.6 Å². The van der Waals surface area contributed by atoms with E-state index >= 15 is 0 Å². The zero-order chi connectivity index (χ0) is 13.2. The Labute approximate surface area is 106 Å². The van der Waals surface area contributed by atoms with E-state index in [1.54, 1.807) is 13.8 Å². The highest BCUT2D eigenvalue weighted by Crippen LogP contribution is 2.14. The number of ether oxygens (including phenoxy) is 1. The van der Waals surface area contributed by atoms with Crippen molar-refractivity contribution in [2.45, 2.75) is 26.2 Å². The van der Waals surface area contributed by atoms with E-state index in [1.807, 2.05) is 30.3 Å². The number of benzene rings is 1. The first-order chi connectivity index (χ1) is 8.48. The van der Waals surface area contributed by atoms with Crippen LogP contribution >= 0.6 is 0 Å². The minimum atomic E-state index is -0.930. The largest absolute Gasteiger partial charge is 0.482 e. The summed E-state index contributed by atoms with van der Waals surface area (Å²) in [6.45, 7) is 3.80. The van der Waals surface area contributed by atoms with Crippen LogP contribution in [0, 0.1) is 0 Å². The molecule has 2 rings (SSSR count). The van der Waals surface area contributed by atoms with Crippen molar-refractivity contribution in [3.8, 4) is 0 Å². The molecule has 0 radical (unpaired) electrons. The van der Waals surface area contributed by atoms with Crippen LogP contribution in [-0.2, 0) is 16.1 Å². The fraction of sp³-hybridized carbons (Fsp3) is 0.308. The van der Waals surface area contributed by atoms with Crippen LogP contribution in [0.1, 0.15) is 19.4 Å². The monoisotopic (exact) mass is 247 g/mol. The fourth-order valence-electron chi connectivity index (χ4n) is 1.84. The van der Waals surface area contributed by atoms with Crippen molar-refractivity contribution in [3.05, 3.63) is 47.4 Å². The van der Waals surface area contributed by atoms with Crippen molar-refractivity contribution < 1.29 is 9.53 Å². The molecule has 1 aromatic carbocycles. The van der Waals surface area contributed by atoms with Crippen molar-refractivity contribution in [2.24, 2.45) is 5.73 Å². The van der Waals surface area contributed by atoms with Crippen molar-refractivity contribution in [1.29, 1.82) is 0 Å². The third kappa shape index (κ3) is 2.81. The minimum Gasteiger partial charge on any atom is -0.482 e. The number of nitrogens with two attached hydrogens (primary N) is 1. The number of rotatable bonds is 3. The number of nitrogens with one attached hydrogen (secondary N) is 2. The molecule has 1 aliphatic heterocycles. The molecule has 4 N–H and O–H groups in total. The average molecular weight is 247 g/mol. The molecule has 1 unspecified atom stereocenters. The normalized spacial score (nSPS) is 23.4. The van der Waals surface area contributed by atoms with E-state index in [1.165, 1.54) is 0 Å². The lowest BCUT2D eigenvalue weighted by Gasteiger charge is -2.34. The predicted octanol–water partition coefficient (Wildman–Crippen LogP) is 0.786. The van der Waals surface area contributed by atoms with Gasteiger partial charge in [-0.1, -0.05) is 30.3 Å². The van der Waals surface area contributed by atoms with E-state index in [9.17, 15) is 4.79 Å². The Balaban J connectivity index is 2.07. The summed E-state index contributed by atoms with van der Waals surface area (Å²) in [6, 6.07) is 9.67. The number of carbonyl (C=O) groups is 1. The van der Waals surface area contributed by atoms with Gasteiger partial charge in [-0.25, -0.2) is 0 Å². The van der Waals surface area contributed by atoms with E-state index in [0.29, 0.717) is 12.3 Å². The van der Waals surface area contributed by atoms with E-state index in [-0.39, 0.29) is 11.7 Å². The zero-order valence-electron chi connectivity index (χ0n) is 10.5. The molecule has 0 saturated carbocycles. The first-order valence-electron chi connectivity index (χ1n) is 5.75. The molecule has 1 aromatic rings. The van der Waals surface area contributed by atoms with Gasteiger partial charge in [0.05, 0.1) is 5.70 Å². The smallest absolute Gasteiger partial charge is 0.291 e. The first-order valence-corrected chi connectivity index (χ1v) is 5.75. The fourth-order valence-corrected chi connectivity index (χ4v) is 1.84. The molecule has 0 bridgehead atoms. The number of carbonyl (C=O) groups excluding carboxylic acids is 1. The molecule has 0 spiro atoms. The molecule has 5 heteroatoms. The maximum absolute atomic E-state index is 11.8. The zero-order valence-corrected chi connectivity index (χ0v) is 10.5. The minimum absolute atomic E-state index is 0.279. The summed E-state index contributed by atoms with van der Waals surface area (Å²) in [7, 11) is 0. The number of hydrogen-bond donors (Lipinski definition) is 3. The van der Waals surface area contributed by atoms with E-state index in [4.69, 9.17) is 10.5 Å². The highest BCUT2D eigenvalue weighted by atomic mass is 16.5. The molecule has 96 valence electrons. The van der Waals surface area contributed by atoms with Gasteiger partial charge in [-0.15, -0.1) is 0 Å². The second-order valence-electron chi connectivity index (χ2n) is 4.51. The lowest BCUT2D eigenvalue weighted by molar-refractivity contribution is -0.124. The average Bonchev–Trinajstić information content (AvgIpc) is 2.27. The van der Waals surface area contributed by atoms with Gasteiger partial charge in [0.1, 0.15) is 6.61 Å². The van der Waals surface area contributed by atoms with Crippen LogP contribution in [0.5, 0.6) is 0 Å². The summed E-state index contributed by atoms with van der Waals surface area (Å²) in [6.07, 6.45) is 0. The van der Waals surface area contributed by atoms with Crippen molar-refractivity contribution in [3.63, 3.8) is 0 Å². The van der Waals surface area contributed by atoms with Gasteiger partial charge in [0.25, 0.3) is 5.91 Å². The van der Waals surface area contributed by atoms with Crippen LogP contribution in [0.25, 0.3) is 0 Å². The summed E-state index contributed by atoms with van der Waals surface area (Å²) in [5.74, 6) is -0.949. The Kier molecular flexibility index (Phi) is 3.25. The lowest BCUT2D eigenvalue weighted by atomic mass is 10.2. The van der Waals surface area contributed by atoms with Crippen LogP contribution in [-0.4, -0.2) is 11.7 Å². The van der Waals surface area contributed by atoms with Gasteiger partial charge >= 0.3 is 0 Å². The molecular formula is C13H17N3O2. The maximum Gasteiger partial charge on any atom is 0.291 e. The molecule has 1 aliphatic rings. The van der Waals surface area contributed by atoms with Gasteiger partial charge in [0, 0.05) is 0 Å². The maximum atomic E-state index is 11.8. The Morgan fingerprint density at radius 3 is 2.56 bits per heavy atom. The van der Waals surface area contributed by atoms with E-state index < -0.39 is 5.79 Å². The van der Waals surface area contributed by atoms with Crippen LogP contribution < -0.4 is 16.4 Å². The van der Waals surface area contributed by atoms with Crippen molar-refractivity contribution in [2.75, 3.05) is 0 Å². The lowest BCUT2D eigenvalue weighted by Crippen LogP contribution is -2.66.